The summed E-state index contributed by atoms with van der Waals surface area (Å²) < 4.78 is 5.29. The Hall–Kier alpha value is -0.340. The van der Waals surface area contributed by atoms with Crippen LogP contribution in [0.15, 0.2) is 12.2 Å². The summed E-state index contributed by atoms with van der Waals surface area (Å²) in [5.74, 6) is 0. The lowest BCUT2D eigenvalue weighted by Crippen LogP contribution is -2.15. The molecule has 0 rings (SSSR count). The molecule has 2 heteroatoms. The molecule has 0 radical (unpaired) electrons. The Morgan fingerprint density at radius 1 is 1.45 bits per heavy atom. The van der Waals surface area contributed by atoms with E-state index in [9.17, 15) is 0 Å². The first-order valence-corrected chi connectivity index (χ1v) is 4.31. The molecule has 0 fully saturated rings. The second-order valence-corrected chi connectivity index (χ2v) is 2.35. The molecule has 1 N–H and O–H groups in total. The van der Waals surface area contributed by atoms with Gasteiger partial charge in [0.25, 0.3) is 0 Å². The van der Waals surface area contributed by atoms with Gasteiger partial charge in [-0.25, -0.2) is 0 Å². The van der Waals surface area contributed by atoms with E-state index in [0.29, 0.717) is 0 Å². The van der Waals surface area contributed by atoms with Crippen molar-refractivity contribution >= 4 is 0 Å². The molecule has 0 aliphatic carbocycles. The van der Waals surface area contributed by atoms with E-state index in [4.69, 9.17) is 4.74 Å². The zero-order chi connectivity index (χ0) is 8.36. The van der Waals surface area contributed by atoms with Gasteiger partial charge in [0.05, 0.1) is 6.61 Å². The average molecular weight is 157 g/mol. The smallest absolute Gasteiger partial charge is 0.0647 e. The molecule has 0 bridgehead atoms. The minimum absolute atomic E-state index is 0.753. The molecule has 0 saturated heterocycles. The van der Waals surface area contributed by atoms with Crippen molar-refractivity contribution in [3.63, 3.8) is 0 Å². The maximum atomic E-state index is 5.29. The Morgan fingerprint density at radius 2 is 2.27 bits per heavy atom. The standard InChI is InChI=1S/C9H19NO/c1-3-5-8-11-9-6-7-10-4-2/h3,5,10H,4,6-9H2,1-2H3. The molecular weight excluding hydrogens is 138 g/mol. The van der Waals surface area contributed by atoms with Crippen molar-refractivity contribution in [3.05, 3.63) is 12.2 Å². The number of nitrogens with one attached hydrogen (secondary N) is 1. The fraction of sp³-hybridized carbons (Fsp3) is 0.778. The van der Waals surface area contributed by atoms with Gasteiger partial charge in [0.1, 0.15) is 0 Å². The van der Waals surface area contributed by atoms with Crippen molar-refractivity contribution in [3.8, 4) is 0 Å². The van der Waals surface area contributed by atoms with Crippen LogP contribution in [0.4, 0.5) is 0 Å². The summed E-state index contributed by atoms with van der Waals surface area (Å²) in [6.07, 6.45) is 5.13. The zero-order valence-electron chi connectivity index (χ0n) is 7.60. The highest BCUT2D eigenvalue weighted by atomic mass is 16.5. The number of hydrogen-bond acceptors (Lipinski definition) is 2. The van der Waals surface area contributed by atoms with Crippen molar-refractivity contribution in [1.29, 1.82) is 0 Å². The van der Waals surface area contributed by atoms with E-state index in [2.05, 4.69) is 12.2 Å². The molecular formula is C9H19NO. The Labute approximate surface area is 69.6 Å². The fourth-order valence-electron chi connectivity index (χ4n) is 0.724. The van der Waals surface area contributed by atoms with E-state index in [0.717, 1.165) is 32.7 Å². The van der Waals surface area contributed by atoms with Gasteiger partial charge in [-0.15, -0.1) is 0 Å². The molecule has 0 aliphatic heterocycles. The van der Waals surface area contributed by atoms with Gasteiger partial charge in [0, 0.05) is 6.61 Å². The van der Waals surface area contributed by atoms with Gasteiger partial charge in [-0.05, 0) is 26.4 Å². The van der Waals surface area contributed by atoms with Gasteiger partial charge in [-0.3, -0.25) is 0 Å². The number of allylic oxidation sites excluding steroid dienone is 1. The van der Waals surface area contributed by atoms with Crippen LogP contribution < -0.4 is 5.32 Å². The molecule has 0 aromatic rings. The van der Waals surface area contributed by atoms with Crippen molar-refractivity contribution in [2.45, 2.75) is 20.3 Å². The van der Waals surface area contributed by atoms with Crippen LogP contribution in [0.3, 0.4) is 0 Å². The first-order valence-electron chi connectivity index (χ1n) is 4.31. The summed E-state index contributed by atoms with van der Waals surface area (Å²) in [5, 5.41) is 3.24. The molecule has 0 heterocycles. The van der Waals surface area contributed by atoms with Gasteiger partial charge >= 0.3 is 0 Å². The largest absolute Gasteiger partial charge is 0.377 e. The van der Waals surface area contributed by atoms with Crippen LogP contribution in [0, 0.1) is 0 Å². The van der Waals surface area contributed by atoms with Crippen LogP contribution in [0.1, 0.15) is 20.3 Å². The van der Waals surface area contributed by atoms with Crippen molar-refractivity contribution in [2.24, 2.45) is 0 Å². The van der Waals surface area contributed by atoms with Gasteiger partial charge in [-0.1, -0.05) is 19.1 Å². The van der Waals surface area contributed by atoms with E-state index in [1.54, 1.807) is 0 Å². The summed E-state index contributed by atoms with van der Waals surface area (Å²) in [7, 11) is 0. The summed E-state index contributed by atoms with van der Waals surface area (Å²) in [6, 6.07) is 0. The maximum Gasteiger partial charge on any atom is 0.0647 e. The molecule has 0 spiro atoms. The summed E-state index contributed by atoms with van der Waals surface area (Å²) in [4.78, 5) is 0. The number of ether oxygens (including phenoxy) is 1. The lowest BCUT2D eigenvalue weighted by Gasteiger charge is -2.01. The van der Waals surface area contributed by atoms with Crippen molar-refractivity contribution in [1.82, 2.24) is 5.32 Å². The topological polar surface area (TPSA) is 21.3 Å². The molecule has 0 saturated carbocycles. The Bertz CT molecular complexity index is 91.6. The molecule has 66 valence electrons. The minimum atomic E-state index is 0.753. The Balaban J connectivity index is 2.79. The summed E-state index contributed by atoms with van der Waals surface area (Å²) >= 11 is 0. The van der Waals surface area contributed by atoms with Crippen molar-refractivity contribution < 1.29 is 4.74 Å². The summed E-state index contributed by atoms with van der Waals surface area (Å²) in [5.41, 5.74) is 0. The second-order valence-electron chi connectivity index (χ2n) is 2.35. The third-order valence-electron chi connectivity index (χ3n) is 1.34. The van der Waals surface area contributed by atoms with Crippen molar-refractivity contribution in [2.75, 3.05) is 26.3 Å². The predicted molar refractivity (Wildman–Crippen MR) is 48.8 cm³/mol. The fourth-order valence-corrected chi connectivity index (χ4v) is 0.724. The molecule has 0 aliphatic rings. The van der Waals surface area contributed by atoms with Gasteiger partial charge < -0.3 is 10.1 Å². The monoisotopic (exact) mass is 157 g/mol. The molecule has 11 heavy (non-hydrogen) atoms. The normalized spacial score (nSPS) is 11.1. The first-order chi connectivity index (χ1) is 5.41. The molecule has 0 aromatic carbocycles. The van der Waals surface area contributed by atoms with E-state index in [1.807, 2.05) is 19.1 Å². The lowest BCUT2D eigenvalue weighted by atomic mass is 10.4. The third-order valence-corrected chi connectivity index (χ3v) is 1.34. The Morgan fingerprint density at radius 3 is 2.91 bits per heavy atom. The lowest BCUT2D eigenvalue weighted by molar-refractivity contribution is 0.159. The molecule has 0 amide bonds. The maximum absolute atomic E-state index is 5.29. The number of rotatable bonds is 7. The van der Waals surface area contributed by atoms with Gasteiger partial charge in [0.2, 0.25) is 0 Å². The van der Waals surface area contributed by atoms with Crippen LogP contribution in [0.5, 0.6) is 0 Å². The highest BCUT2D eigenvalue weighted by Gasteiger charge is 1.84. The zero-order valence-corrected chi connectivity index (χ0v) is 7.60. The SMILES string of the molecule is CC=CCOCCCNCC. The van der Waals surface area contributed by atoms with E-state index < -0.39 is 0 Å². The first kappa shape index (κ1) is 10.7. The molecule has 0 unspecified atom stereocenters. The number of hydrogen-bond donors (Lipinski definition) is 1. The average Bonchev–Trinajstić information content (AvgIpc) is 2.03. The molecule has 0 atom stereocenters. The van der Waals surface area contributed by atoms with Gasteiger partial charge in [0.15, 0.2) is 0 Å². The second kappa shape index (κ2) is 9.66. The van der Waals surface area contributed by atoms with E-state index in [1.165, 1.54) is 0 Å². The highest BCUT2D eigenvalue weighted by molar-refractivity contribution is 4.75. The van der Waals surface area contributed by atoms with E-state index in [-0.39, 0.29) is 0 Å². The minimum Gasteiger partial charge on any atom is -0.377 e. The summed E-state index contributed by atoms with van der Waals surface area (Å²) in [6.45, 7) is 7.84. The molecule has 0 aromatic heterocycles. The van der Waals surface area contributed by atoms with Crippen LogP contribution in [0.25, 0.3) is 0 Å². The van der Waals surface area contributed by atoms with Gasteiger partial charge in [-0.2, -0.15) is 0 Å². The van der Waals surface area contributed by atoms with Crippen LogP contribution >= 0.6 is 0 Å². The Kier molecular flexibility index (Phi) is 9.36. The molecule has 2 nitrogen and oxygen atoms in total. The predicted octanol–water partition coefficient (Wildman–Crippen LogP) is 1.58. The quantitative estimate of drug-likeness (QED) is 0.447. The third kappa shape index (κ3) is 9.66. The van der Waals surface area contributed by atoms with Crippen LogP contribution in [-0.4, -0.2) is 26.3 Å². The van der Waals surface area contributed by atoms with Crippen LogP contribution in [-0.2, 0) is 4.74 Å². The highest BCUT2D eigenvalue weighted by Crippen LogP contribution is 1.81. The van der Waals surface area contributed by atoms with Crippen LogP contribution in [0.2, 0.25) is 0 Å². The van der Waals surface area contributed by atoms with E-state index >= 15 is 0 Å².